The summed E-state index contributed by atoms with van der Waals surface area (Å²) in [6, 6.07) is 4.01. The Bertz CT molecular complexity index is 374. The van der Waals surface area contributed by atoms with Gasteiger partial charge in [-0.2, -0.15) is 0 Å². The van der Waals surface area contributed by atoms with Gasteiger partial charge in [0.05, 0.1) is 24.9 Å². The van der Waals surface area contributed by atoms with E-state index in [1.807, 2.05) is 19.2 Å². The van der Waals surface area contributed by atoms with E-state index in [2.05, 4.69) is 24.1 Å². The zero-order valence-corrected chi connectivity index (χ0v) is 11.3. The van der Waals surface area contributed by atoms with Gasteiger partial charge in [0, 0.05) is 13.2 Å². The molecule has 2 rings (SSSR count). The second-order valence-corrected chi connectivity index (χ2v) is 4.96. The molecule has 2 unspecified atom stereocenters. The van der Waals surface area contributed by atoms with Crippen molar-refractivity contribution in [3.05, 3.63) is 23.9 Å². The van der Waals surface area contributed by atoms with Crippen LogP contribution in [0.2, 0.25) is 0 Å². The molecule has 1 N–H and O–H groups in total. The molecule has 0 bridgehead atoms. The minimum Gasteiger partial charge on any atom is -0.375 e. The Balaban J connectivity index is 1.86. The van der Waals surface area contributed by atoms with Gasteiger partial charge < -0.3 is 14.8 Å². The summed E-state index contributed by atoms with van der Waals surface area (Å²) in [5, 5.41) is 3.03. The molecule has 1 aromatic heterocycles. The molecule has 4 heteroatoms. The number of ether oxygens (including phenoxy) is 2. The van der Waals surface area contributed by atoms with Crippen LogP contribution in [0.15, 0.2) is 18.3 Å². The highest BCUT2D eigenvalue weighted by Crippen LogP contribution is 2.22. The minimum absolute atomic E-state index is 0.295. The van der Waals surface area contributed by atoms with E-state index < -0.39 is 0 Å². The summed E-state index contributed by atoms with van der Waals surface area (Å²) in [4.78, 5) is 4.19. The number of anilines is 1. The van der Waals surface area contributed by atoms with Gasteiger partial charge in [-0.25, -0.2) is 4.98 Å². The van der Waals surface area contributed by atoms with E-state index in [-0.39, 0.29) is 0 Å². The average molecular weight is 250 g/mol. The summed E-state index contributed by atoms with van der Waals surface area (Å²) in [5.41, 5.74) is 1.15. The lowest BCUT2D eigenvalue weighted by molar-refractivity contribution is -0.106. The van der Waals surface area contributed by atoms with Crippen molar-refractivity contribution in [1.29, 1.82) is 0 Å². The van der Waals surface area contributed by atoms with E-state index in [4.69, 9.17) is 9.47 Å². The van der Waals surface area contributed by atoms with Crippen molar-refractivity contribution in [2.75, 3.05) is 12.4 Å². The number of hydrogen-bond donors (Lipinski definition) is 1. The van der Waals surface area contributed by atoms with Crippen LogP contribution in [0.5, 0.6) is 0 Å². The predicted octanol–water partition coefficient (Wildman–Crippen LogP) is 2.60. The molecule has 18 heavy (non-hydrogen) atoms. The van der Waals surface area contributed by atoms with E-state index in [0.717, 1.165) is 24.2 Å². The molecule has 0 spiro atoms. The molecule has 0 amide bonds. The van der Waals surface area contributed by atoms with Crippen molar-refractivity contribution in [1.82, 2.24) is 4.98 Å². The van der Waals surface area contributed by atoms with Crippen molar-refractivity contribution in [3.63, 3.8) is 0 Å². The van der Waals surface area contributed by atoms with Crippen LogP contribution in [0.1, 0.15) is 32.3 Å². The van der Waals surface area contributed by atoms with Crippen LogP contribution >= 0.6 is 0 Å². The molecular formula is C14H22N2O2. The Morgan fingerprint density at radius 1 is 1.39 bits per heavy atom. The van der Waals surface area contributed by atoms with Crippen molar-refractivity contribution in [2.24, 2.45) is 0 Å². The average Bonchev–Trinajstić information content (AvgIpc) is 2.35. The highest BCUT2D eigenvalue weighted by molar-refractivity contribution is 5.36. The van der Waals surface area contributed by atoms with Gasteiger partial charge in [-0.05, 0) is 44.4 Å². The van der Waals surface area contributed by atoms with E-state index >= 15 is 0 Å². The van der Waals surface area contributed by atoms with Crippen molar-refractivity contribution >= 4 is 5.82 Å². The molecule has 0 aliphatic carbocycles. The van der Waals surface area contributed by atoms with E-state index in [1.165, 1.54) is 0 Å². The fraction of sp³-hybridized carbons (Fsp3) is 0.643. The standard InChI is InChI=1S/C14H22N2O2/c1-10-6-13(7-11(2)18-10)17-9-12-4-5-16-14(8-12)15-3/h4-5,8,10-11,13H,6-7,9H2,1-3H3,(H,15,16). The molecule has 0 radical (unpaired) electrons. The Kier molecular flexibility index (Phi) is 4.55. The van der Waals surface area contributed by atoms with Crippen LogP contribution in [0.25, 0.3) is 0 Å². The Morgan fingerprint density at radius 2 is 2.11 bits per heavy atom. The topological polar surface area (TPSA) is 43.4 Å². The molecule has 1 fully saturated rings. The van der Waals surface area contributed by atoms with Crippen LogP contribution in [-0.4, -0.2) is 30.3 Å². The maximum atomic E-state index is 5.97. The van der Waals surface area contributed by atoms with Gasteiger partial charge in [0.15, 0.2) is 0 Å². The van der Waals surface area contributed by atoms with Gasteiger partial charge in [0.1, 0.15) is 5.82 Å². The van der Waals surface area contributed by atoms with Gasteiger partial charge in [-0.1, -0.05) is 0 Å². The number of nitrogens with one attached hydrogen (secondary N) is 1. The Labute approximate surface area is 109 Å². The molecule has 1 aliphatic heterocycles. The third kappa shape index (κ3) is 3.68. The molecule has 0 saturated carbocycles. The Hall–Kier alpha value is -1.13. The summed E-state index contributed by atoms with van der Waals surface area (Å²) in [6.45, 7) is 4.86. The lowest BCUT2D eigenvalue weighted by Gasteiger charge is -2.32. The first-order chi connectivity index (χ1) is 8.67. The maximum absolute atomic E-state index is 5.97. The molecule has 100 valence electrons. The monoisotopic (exact) mass is 250 g/mol. The molecule has 2 atom stereocenters. The van der Waals surface area contributed by atoms with Gasteiger partial charge in [-0.3, -0.25) is 0 Å². The lowest BCUT2D eigenvalue weighted by atomic mass is 10.0. The summed E-state index contributed by atoms with van der Waals surface area (Å²) >= 11 is 0. The zero-order chi connectivity index (χ0) is 13.0. The number of rotatable bonds is 4. The second-order valence-electron chi connectivity index (χ2n) is 4.96. The van der Waals surface area contributed by atoms with Gasteiger partial charge >= 0.3 is 0 Å². The Morgan fingerprint density at radius 3 is 2.78 bits per heavy atom. The van der Waals surface area contributed by atoms with E-state index in [9.17, 15) is 0 Å². The molecule has 1 aliphatic rings. The van der Waals surface area contributed by atoms with Gasteiger partial charge in [-0.15, -0.1) is 0 Å². The van der Waals surface area contributed by atoms with Crippen LogP contribution in [0.4, 0.5) is 5.82 Å². The first-order valence-electron chi connectivity index (χ1n) is 6.57. The number of nitrogens with zero attached hydrogens (tertiary/aromatic N) is 1. The highest BCUT2D eigenvalue weighted by atomic mass is 16.5. The van der Waals surface area contributed by atoms with E-state index in [0.29, 0.717) is 24.9 Å². The quantitative estimate of drug-likeness (QED) is 0.892. The second kappa shape index (κ2) is 6.16. The number of aromatic nitrogens is 1. The SMILES string of the molecule is CNc1cc(COC2CC(C)OC(C)C2)ccn1. The smallest absolute Gasteiger partial charge is 0.125 e. The van der Waals surface area contributed by atoms with E-state index in [1.54, 1.807) is 6.20 Å². The first kappa shape index (κ1) is 13.3. The summed E-state index contributed by atoms with van der Waals surface area (Å²) in [7, 11) is 1.87. The van der Waals surface area contributed by atoms with Crippen LogP contribution in [0, 0.1) is 0 Å². The lowest BCUT2D eigenvalue weighted by Crippen LogP contribution is -2.33. The van der Waals surface area contributed by atoms with Gasteiger partial charge in [0.25, 0.3) is 0 Å². The molecule has 4 nitrogen and oxygen atoms in total. The minimum atomic E-state index is 0.295. The van der Waals surface area contributed by atoms with Gasteiger partial charge in [0.2, 0.25) is 0 Å². The fourth-order valence-electron chi connectivity index (χ4n) is 2.40. The predicted molar refractivity (Wildman–Crippen MR) is 71.6 cm³/mol. The van der Waals surface area contributed by atoms with Crippen molar-refractivity contribution in [3.8, 4) is 0 Å². The third-order valence-electron chi connectivity index (χ3n) is 3.22. The van der Waals surface area contributed by atoms with Crippen LogP contribution in [0.3, 0.4) is 0 Å². The molecule has 2 heterocycles. The summed E-state index contributed by atoms with van der Waals surface area (Å²) in [5.74, 6) is 0.879. The fourth-order valence-corrected chi connectivity index (χ4v) is 2.40. The number of hydrogen-bond acceptors (Lipinski definition) is 4. The highest BCUT2D eigenvalue weighted by Gasteiger charge is 2.24. The molecular weight excluding hydrogens is 228 g/mol. The summed E-state index contributed by atoms with van der Waals surface area (Å²) < 4.78 is 11.7. The van der Waals surface area contributed by atoms with Crippen LogP contribution < -0.4 is 5.32 Å². The summed E-state index contributed by atoms with van der Waals surface area (Å²) in [6.07, 6.45) is 4.66. The normalized spacial score (nSPS) is 28.1. The first-order valence-corrected chi connectivity index (χ1v) is 6.57. The maximum Gasteiger partial charge on any atom is 0.125 e. The third-order valence-corrected chi connectivity index (χ3v) is 3.22. The van der Waals surface area contributed by atoms with Crippen molar-refractivity contribution < 1.29 is 9.47 Å². The molecule has 0 aromatic carbocycles. The van der Waals surface area contributed by atoms with Crippen LogP contribution in [-0.2, 0) is 16.1 Å². The zero-order valence-electron chi connectivity index (χ0n) is 11.3. The molecule has 1 aromatic rings. The van der Waals surface area contributed by atoms with Crippen molar-refractivity contribution in [2.45, 2.75) is 51.6 Å². The molecule has 1 saturated heterocycles. The largest absolute Gasteiger partial charge is 0.375 e. The number of pyridine rings is 1.